The Hall–Kier alpha value is -2.36. The molecule has 0 amide bonds. The molecule has 0 atom stereocenters. The largest absolute Gasteiger partial charge is 0.381 e. The van der Waals surface area contributed by atoms with Gasteiger partial charge < -0.3 is 4.74 Å². The summed E-state index contributed by atoms with van der Waals surface area (Å²) in [4.78, 5) is 10.1. The molecule has 3 rings (SSSR count). The first-order valence-electron chi connectivity index (χ1n) is 8.40. The van der Waals surface area contributed by atoms with E-state index in [0.717, 1.165) is 11.6 Å². The minimum absolute atomic E-state index is 0.0903. The van der Waals surface area contributed by atoms with E-state index in [-0.39, 0.29) is 22.9 Å². The zero-order valence-corrected chi connectivity index (χ0v) is 15.2. The summed E-state index contributed by atoms with van der Waals surface area (Å²) in [5.41, 5.74) is 0.00541. The summed E-state index contributed by atoms with van der Waals surface area (Å²) in [6, 6.07) is 10.9. The molecule has 2 aromatic rings. The minimum Gasteiger partial charge on any atom is -0.381 e. The van der Waals surface area contributed by atoms with Crippen LogP contribution in [0.15, 0.2) is 53.4 Å². The van der Waals surface area contributed by atoms with Crippen LogP contribution in [0.5, 0.6) is 0 Å². The van der Waals surface area contributed by atoms with Crippen LogP contribution >= 0.6 is 0 Å². The number of nitro benzene ring substituents is 1. The highest BCUT2D eigenvalue weighted by atomic mass is 32.2. The number of hydrogen-bond donors (Lipinski definition) is 1. The lowest BCUT2D eigenvalue weighted by atomic mass is 9.74. The Morgan fingerprint density at radius 2 is 1.81 bits per heavy atom. The number of non-ortho nitro benzene ring substituents is 1. The molecule has 9 heteroatoms. The molecule has 0 bridgehead atoms. The third-order valence-corrected chi connectivity index (χ3v) is 6.24. The van der Waals surface area contributed by atoms with Crippen molar-refractivity contribution < 1.29 is 22.5 Å². The van der Waals surface area contributed by atoms with Crippen LogP contribution in [0.3, 0.4) is 0 Å². The summed E-state index contributed by atoms with van der Waals surface area (Å²) in [6.45, 7) is 1.03. The van der Waals surface area contributed by atoms with Crippen LogP contribution in [0.1, 0.15) is 18.4 Å². The number of benzene rings is 2. The molecule has 1 aliphatic heterocycles. The maximum Gasteiger partial charge on any atom is 0.270 e. The van der Waals surface area contributed by atoms with Crippen LogP contribution in [0.25, 0.3) is 0 Å². The maximum absolute atomic E-state index is 13.3. The van der Waals surface area contributed by atoms with Crippen molar-refractivity contribution in [1.29, 1.82) is 0 Å². The van der Waals surface area contributed by atoms with E-state index in [0.29, 0.717) is 26.1 Å². The van der Waals surface area contributed by atoms with Crippen molar-refractivity contribution in [1.82, 2.24) is 4.72 Å². The van der Waals surface area contributed by atoms with E-state index >= 15 is 0 Å². The van der Waals surface area contributed by atoms with Crippen LogP contribution in [0.4, 0.5) is 10.1 Å². The number of nitrogens with zero attached hydrogens (tertiary/aromatic N) is 1. The van der Waals surface area contributed by atoms with Crippen molar-refractivity contribution in [2.24, 2.45) is 0 Å². The fourth-order valence-electron chi connectivity index (χ4n) is 3.21. The van der Waals surface area contributed by atoms with Gasteiger partial charge in [0.1, 0.15) is 5.82 Å². The van der Waals surface area contributed by atoms with Crippen molar-refractivity contribution in [2.75, 3.05) is 19.8 Å². The van der Waals surface area contributed by atoms with Gasteiger partial charge in [0.05, 0.1) is 9.82 Å². The molecule has 1 aliphatic rings. The molecule has 1 N–H and O–H groups in total. The molecule has 1 saturated heterocycles. The molecule has 144 valence electrons. The zero-order chi connectivity index (χ0) is 19.5. The number of ether oxygens (including phenoxy) is 1. The summed E-state index contributed by atoms with van der Waals surface area (Å²) in [5.74, 6) is -0.363. The van der Waals surface area contributed by atoms with E-state index in [9.17, 15) is 22.9 Å². The Morgan fingerprint density at radius 3 is 2.44 bits per heavy atom. The van der Waals surface area contributed by atoms with Gasteiger partial charge in [-0.05, 0) is 36.6 Å². The Kier molecular flexibility index (Phi) is 5.54. The molecule has 0 saturated carbocycles. The number of hydrogen-bond acceptors (Lipinski definition) is 5. The molecule has 0 radical (unpaired) electrons. The van der Waals surface area contributed by atoms with Gasteiger partial charge >= 0.3 is 0 Å². The lowest BCUT2D eigenvalue weighted by Gasteiger charge is -2.37. The van der Waals surface area contributed by atoms with E-state index in [4.69, 9.17) is 4.74 Å². The quantitative estimate of drug-likeness (QED) is 0.600. The first-order valence-corrected chi connectivity index (χ1v) is 9.89. The van der Waals surface area contributed by atoms with Crippen LogP contribution in [-0.4, -0.2) is 33.1 Å². The van der Waals surface area contributed by atoms with Gasteiger partial charge in [0.25, 0.3) is 5.69 Å². The lowest BCUT2D eigenvalue weighted by molar-refractivity contribution is -0.385. The molecule has 7 nitrogen and oxygen atoms in total. The summed E-state index contributed by atoms with van der Waals surface area (Å²) >= 11 is 0. The number of nitrogens with one attached hydrogen (secondary N) is 1. The summed E-state index contributed by atoms with van der Waals surface area (Å²) in [5, 5.41) is 10.9. The summed E-state index contributed by atoms with van der Waals surface area (Å²) < 4.78 is 46.6. The Morgan fingerprint density at radius 1 is 1.15 bits per heavy atom. The van der Waals surface area contributed by atoms with Crippen molar-refractivity contribution in [3.8, 4) is 0 Å². The smallest absolute Gasteiger partial charge is 0.270 e. The molecule has 27 heavy (non-hydrogen) atoms. The van der Waals surface area contributed by atoms with Crippen LogP contribution in [0.2, 0.25) is 0 Å². The Balaban J connectivity index is 1.85. The van der Waals surface area contributed by atoms with Gasteiger partial charge in [-0.3, -0.25) is 10.1 Å². The molecule has 2 aromatic carbocycles. The Labute approximate surface area is 156 Å². The third kappa shape index (κ3) is 4.32. The lowest BCUT2D eigenvalue weighted by Crippen LogP contribution is -2.44. The number of halogens is 1. The maximum atomic E-state index is 13.3. The average molecular weight is 394 g/mol. The van der Waals surface area contributed by atoms with Gasteiger partial charge in [0.15, 0.2) is 0 Å². The first-order chi connectivity index (χ1) is 12.8. The van der Waals surface area contributed by atoms with Crippen molar-refractivity contribution >= 4 is 15.7 Å². The topological polar surface area (TPSA) is 98.5 Å². The van der Waals surface area contributed by atoms with Crippen molar-refractivity contribution in [3.63, 3.8) is 0 Å². The molecular weight excluding hydrogens is 375 g/mol. The fourth-order valence-corrected chi connectivity index (χ4v) is 4.38. The summed E-state index contributed by atoms with van der Waals surface area (Å²) in [7, 11) is -3.94. The van der Waals surface area contributed by atoms with E-state index in [1.165, 1.54) is 30.3 Å². The molecular formula is C18H19FN2O5S. The normalized spacial score (nSPS) is 16.8. The first kappa shape index (κ1) is 19.4. The SMILES string of the molecule is O=[N+]([O-])c1cccc(S(=O)(=O)NCC2(c3ccc(F)cc3)CCOCC2)c1. The van der Waals surface area contributed by atoms with Gasteiger partial charge in [0.2, 0.25) is 10.0 Å². The van der Waals surface area contributed by atoms with E-state index < -0.39 is 20.4 Å². The molecule has 1 heterocycles. The summed E-state index contributed by atoms with van der Waals surface area (Å²) in [6.07, 6.45) is 1.16. The fraction of sp³-hybridized carbons (Fsp3) is 0.333. The third-order valence-electron chi connectivity index (χ3n) is 4.85. The molecule has 0 unspecified atom stereocenters. The standard InChI is InChI=1S/C18H19FN2O5S/c19-15-6-4-14(5-7-15)18(8-10-26-11-9-18)13-20-27(24,25)17-3-1-2-16(12-17)21(22)23/h1-7,12,20H,8-11,13H2. The van der Waals surface area contributed by atoms with E-state index in [2.05, 4.69) is 4.72 Å². The van der Waals surface area contributed by atoms with Crippen molar-refractivity contribution in [2.45, 2.75) is 23.2 Å². The number of rotatable bonds is 6. The molecule has 0 aliphatic carbocycles. The van der Waals surface area contributed by atoms with Gasteiger partial charge in [-0.1, -0.05) is 18.2 Å². The average Bonchev–Trinajstić information content (AvgIpc) is 2.68. The number of sulfonamides is 1. The van der Waals surface area contributed by atoms with Gasteiger partial charge in [-0.15, -0.1) is 0 Å². The van der Waals surface area contributed by atoms with Gasteiger partial charge in [0, 0.05) is 37.3 Å². The van der Waals surface area contributed by atoms with E-state index in [1.807, 2.05) is 0 Å². The van der Waals surface area contributed by atoms with Gasteiger partial charge in [-0.2, -0.15) is 0 Å². The molecule has 1 fully saturated rings. The predicted octanol–water partition coefficient (Wildman–Crippen LogP) is 2.76. The van der Waals surface area contributed by atoms with Crippen LogP contribution < -0.4 is 4.72 Å². The minimum atomic E-state index is -3.94. The van der Waals surface area contributed by atoms with Crippen LogP contribution in [0, 0.1) is 15.9 Å². The Bertz CT molecular complexity index is 925. The predicted molar refractivity (Wildman–Crippen MR) is 96.4 cm³/mol. The van der Waals surface area contributed by atoms with Gasteiger partial charge in [-0.25, -0.2) is 17.5 Å². The van der Waals surface area contributed by atoms with E-state index in [1.54, 1.807) is 12.1 Å². The number of nitro groups is 1. The monoisotopic (exact) mass is 394 g/mol. The highest BCUT2D eigenvalue weighted by Gasteiger charge is 2.36. The van der Waals surface area contributed by atoms with Crippen LogP contribution in [-0.2, 0) is 20.2 Å². The molecule has 0 spiro atoms. The zero-order valence-electron chi connectivity index (χ0n) is 14.4. The molecule has 0 aromatic heterocycles. The second-order valence-corrected chi connectivity index (χ2v) is 8.25. The highest BCUT2D eigenvalue weighted by Crippen LogP contribution is 2.35. The second-order valence-electron chi connectivity index (χ2n) is 6.48. The van der Waals surface area contributed by atoms with Crippen molar-refractivity contribution in [3.05, 3.63) is 70.0 Å². The highest BCUT2D eigenvalue weighted by molar-refractivity contribution is 7.89. The second kappa shape index (κ2) is 7.71.